The van der Waals surface area contributed by atoms with Crippen LogP contribution in [0, 0.1) is 5.92 Å². The average Bonchev–Trinajstić information content (AvgIpc) is 2.83. The van der Waals surface area contributed by atoms with E-state index in [4.69, 9.17) is 0 Å². The van der Waals surface area contributed by atoms with Crippen LogP contribution in [0.1, 0.15) is 67.8 Å². The fourth-order valence-corrected chi connectivity index (χ4v) is 4.58. The van der Waals surface area contributed by atoms with Crippen molar-refractivity contribution in [3.63, 3.8) is 0 Å². The molecule has 0 aromatic carbocycles. The van der Waals surface area contributed by atoms with E-state index in [1.54, 1.807) is 11.3 Å². The lowest BCUT2D eigenvalue weighted by atomic mass is 9.88. The summed E-state index contributed by atoms with van der Waals surface area (Å²) in [6.45, 7) is 9.40. The number of anilines is 1. The summed E-state index contributed by atoms with van der Waals surface area (Å²) in [6, 6.07) is 0. The van der Waals surface area contributed by atoms with Crippen molar-refractivity contribution in [1.29, 1.82) is 0 Å². The minimum absolute atomic E-state index is 0.0803. The Morgan fingerprint density at radius 3 is 2.70 bits per heavy atom. The normalized spacial score (nSPS) is 16.8. The molecule has 0 fully saturated rings. The van der Waals surface area contributed by atoms with Crippen molar-refractivity contribution in [3.05, 3.63) is 16.0 Å². The summed E-state index contributed by atoms with van der Waals surface area (Å²) in [5, 5.41) is 3.64. The van der Waals surface area contributed by atoms with Gasteiger partial charge in [0.1, 0.15) is 5.00 Å². The number of thiophene rings is 1. The number of carbonyl (C=O) groups excluding carboxylic acids is 2. The van der Waals surface area contributed by atoms with E-state index in [0.29, 0.717) is 12.5 Å². The molecule has 1 aromatic rings. The fourth-order valence-electron chi connectivity index (χ4n) is 3.14. The van der Waals surface area contributed by atoms with Crippen molar-refractivity contribution < 1.29 is 9.59 Å². The average molecular weight is 337 g/mol. The topological polar surface area (TPSA) is 49.4 Å². The van der Waals surface area contributed by atoms with Gasteiger partial charge in [0.2, 0.25) is 5.91 Å². The first-order valence-corrected chi connectivity index (χ1v) is 9.50. The summed E-state index contributed by atoms with van der Waals surface area (Å²) < 4.78 is 0. The highest BCUT2D eigenvalue weighted by Gasteiger charge is 2.29. The van der Waals surface area contributed by atoms with Crippen LogP contribution < -0.4 is 5.32 Å². The van der Waals surface area contributed by atoms with Crippen molar-refractivity contribution in [3.8, 4) is 0 Å². The Hall–Kier alpha value is -1.36. The summed E-state index contributed by atoms with van der Waals surface area (Å²) in [7, 11) is 0. The van der Waals surface area contributed by atoms with Gasteiger partial charge in [0.15, 0.2) is 0 Å². The van der Waals surface area contributed by atoms with Gasteiger partial charge in [-0.2, -0.15) is 0 Å². The third-order valence-electron chi connectivity index (χ3n) is 4.47. The van der Waals surface area contributed by atoms with Crippen LogP contribution in [0.15, 0.2) is 0 Å². The predicted molar refractivity (Wildman–Crippen MR) is 96.3 cm³/mol. The lowest BCUT2D eigenvalue weighted by Gasteiger charge is -2.23. The Morgan fingerprint density at radius 2 is 2.09 bits per heavy atom. The standard InChI is InChI=1S/C18H28N2O2S/c1-5-7-10-20(6-2)18(22)16-14-9-8-12(3)11-15(14)23-17(16)19-13(4)21/h12H,5-11H2,1-4H3,(H,19,21). The zero-order valence-electron chi connectivity index (χ0n) is 14.7. The van der Waals surface area contributed by atoms with Crippen molar-refractivity contribution in [2.24, 2.45) is 5.92 Å². The third kappa shape index (κ3) is 4.14. The van der Waals surface area contributed by atoms with E-state index in [0.717, 1.165) is 49.2 Å². The molecule has 0 radical (unpaired) electrons. The molecule has 4 nitrogen and oxygen atoms in total. The maximum Gasteiger partial charge on any atom is 0.257 e. The molecule has 5 heteroatoms. The predicted octanol–water partition coefficient (Wildman–Crippen LogP) is 4.09. The number of nitrogens with zero attached hydrogens (tertiary/aromatic N) is 1. The van der Waals surface area contributed by atoms with Crippen LogP contribution in [0.4, 0.5) is 5.00 Å². The molecular formula is C18H28N2O2S. The van der Waals surface area contributed by atoms with Crippen LogP contribution in [0.2, 0.25) is 0 Å². The summed E-state index contributed by atoms with van der Waals surface area (Å²) in [5.74, 6) is 0.621. The summed E-state index contributed by atoms with van der Waals surface area (Å²) >= 11 is 1.59. The summed E-state index contributed by atoms with van der Waals surface area (Å²) in [4.78, 5) is 27.8. The Labute approximate surface area is 143 Å². The maximum absolute atomic E-state index is 13.1. The molecule has 128 valence electrons. The van der Waals surface area contributed by atoms with Crippen LogP contribution in [-0.4, -0.2) is 29.8 Å². The Bertz CT molecular complexity index is 580. The Kier molecular flexibility index (Phi) is 6.22. The highest BCUT2D eigenvalue weighted by molar-refractivity contribution is 7.17. The van der Waals surface area contributed by atoms with Gasteiger partial charge in [0.25, 0.3) is 5.91 Å². The van der Waals surface area contributed by atoms with Crippen molar-refractivity contribution in [1.82, 2.24) is 4.90 Å². The number of rotatable bonds is 6. The molecular weight excluding hydrogens is 308 g/mol. The van der Waals surface area contributed by atoms with E-state index in [1.807, 2.05) is 11.8 Å². The smallest absolute Gasteiger partial charge is 0.257 e. The van der Waals surface area contributed by atoms with Crippen molar-refractivity contribution >= 4 is 28.2 Å². The van der Waals surface area contributed by atoms with Gasteiger partial charge in [0.05, 0.1) is 5.56 Å². The number of unbranched alkanes of at least 4 members (excludes halogenated alkanes) is 1. The first-order chi connectivity index (χ1) is 11.0. The zero-order chi connectivity index (χ0) is 17.0. The molecule has 2 amide bonds. The van der Waals surface area contributed by atoms with Crippen LogP contribution in [0.5, 0.6) is 0 Å². The molecule has 0 aliphatic heterocycles. The molecule has 1 atom stereocenters. The van der Waals surface area contributed by atoms with Crippen LogP contribution >= 0.6 is 11.3 Å². The number of hydrogen-bond donors (Lipinski definition) is 1. The number of hydrogen-bond acceptors (Lipinski definition) is 3. The van der Waals surface area contributed by atoms with Gasteiger partial charge >= 0.3 is 0 Å². The Balaban J connectivity index is 2.37. The molecule has 1 aliphatic rings. The molecule has 1 unspecified atom stereocenters. The zero-order valence-corrected chi connectivity index (χ0v) is 15.5. The van der Waals surface area contributed by atoms with Gasteiger partial charge in [-0.1, -0.05) is 20.3 Å². The van der Waals surface area contributed by atoms with E-state index >= 15 is 0 Å². The first kappa shape index (κ1) is 18.0. The third-order valence-corrected chi connectivity index (χ3v) is 5.64. The molecule has 0 saturated carbocycles. The molecule has 1 aromatic heterocycles. The molecule has 0 bridgehead atoms. The second-order valence-electron chi connectivity index (χ2n) is 6.48. The molecule has 1 heterocycles. The minimum atomic E-state index is -0.109. The molecule has 1 aliphatic carbocycles. The minimum Gasteiger partial charge on any atom is -0.339 e. The van der Waals surface area contributed by atoms with E-state index in [9.17, 15) is 9.59 Å². The van der Waals surface area contributed by atoms with Gasteiger partial charge in [0, 0.05) is 24.9 Å². The molecule has 0 spiro atoms. The summed E-state index contributed by atoms with van der Waals surface area (Å²) in [5.41, 5.74) is 1.93. The van der Waals surface area contributed by atoms with E-state index < -0.39 is 0 Å². The SMILES string of the molecule is CCCCN(CC)C(=O)c1c(NC(C)=O)sc2c1CCC(C)C2. The monoisotopic (exact) mass is 336 g/mol. The number of fused-ring (bicyclic) bond motifs is 1. The van der Waals surface area contributed by atoms with Crippen LogP contribution in [0.3, 0.4) is 0 Å². The van der Waals surface area contributed by atoms with Crippen molar-refractivity contribution in [2.75, 3.05) is 18.4 Å². The summed E-state index contributed by atoms with van der Waals surface area (Å²) in [6.07, 6.45) is 5.16. The second-order valence-corrected chi connectivity index (χ2v) is 7.58. The molecule has 2 rings (SSSR count). The first-order valence-electron chi connectivity index (χ1n) is 8.69. The lowest BCUT2D eigenvalue weighted by molar-refractivity contribution is -0.114. The van der Waals surface area contributed by atoms with Gasteiger partial charge in [-0.15, -0.1) is 11.3 Å². The number of amides is 2. The maximum atomic E-state index is 13.1. The molecule has 0 saturated heterocycles. The highest BCUT2D eigenvalue weighted by Crippen LogP contribution is 2.40. The van der Waals surface area contributed by atoms with Crippen LogP contribution in [0.25, 0.3) is 0 Å². The highest BCUT2D eigenvalue weighted by atomic mass is 32.1. The van der Waals surface area contributed by atoms with E-state index in [1.165, 1.54) is 17.4 Å². The fraction of sp³-hybridized carbons (Fsp3) is 0.667. The largest absolute Gasteiger partial charge is 0.339 e. The number of nitrogens with one attached hydrogen (secondary N) is 1. The molecule has 1 N–H and O–H groups in total. The molecule has 23 heavy (non-hydrogen) atoms. The van der Waals surface area contributed by atoms with Crippen molar-refractivity contribution in [2.45, 2.75) is 59.8 Å². The second kappa shape index (κ2) is 7.95. The van der Waals surface area contributed by atoms with Crippen LogP contribution in [-0.2, 0) is 17.6 Å². The number of carbonyl (C=O) groups is 2. The van der Waals surface area contributed by atoms with Gasteiger partial charge < -0.3 is 10.2 Å². The van der Waals surface area contributed by atoms with Gasteiger partial charge in [-0.05, 0) is 44.1 Å². The van der Waals surface area contributed by atoms with Gasteiger partial charge in [-0.3, -0.25) is 9.59 Å². The lowest BCUT2D eigenvalue weighted by Crippen LogP contribution is -2.33. The Morgan fingerprint density at radius 1 is 1.35 bits per heavy atom. The van der Waals surface area contributed by atoms with Gasteiger partial charge in [-0.25, -0.2) is 0 Å². The van der Waals surface area contributed by atoms with E-state index in [2.05, 4.69) is 19.2 Å². The quantitative estimate of drug-likeness (QED) is 0.850. The van der Waals surface area contributed by atoms with E-state index in [-0.39, 0.29) is 11.8 Å².